The molecule has 0 aromatic heterocycles. The van der Waals surface area contributed by atoms with E-state index >= 15 is 0 Å². The first kappa shape index (κ1) is 14.9. The quantitative estimate of drug-likeness (QED) is 0.512. The van der Waals surface area contributed by atoms with Crippen molar-refractivity contribution in [2.45, 2.75) is 30.8 Å². The van der Waals surface area contributed by atoms with Crippen molar-refractivity contribution in [1.29, 1.82) is 0 Å². The van der Waals surface area contributed by atoms with Crippen LogP contribution in [0.3, 0.4) is 0 Å². The van der Waals surface area contributed by atoms with E-state index < -0.39 is 23.5 Å². The number of ether oxygens (including phenoxy) is 2. The number of methoxy groups -OCH3 is 1. The summed E-state index contributed by atoms with van der Waals surface area (Å²) in [7, 11) is 1.57. The number of aliphatic carboxylic acids is 1. The molecule has 1 saturated heterocycles. The highest BCUT2D eigenvalue weighted by atomic mass is 16.5. The predicted octanol–water partition coefficient (Wildman–Crippen LogP) is -0.900. The first-order valence-electron chi connectivity index (χ1n) is 5.89. The fourth-order valence-electron chi connectivity index (χ4n) is 1.79. The van der Waals surface area contributed by atoms with E-state index in [0.717, 1.165) is 0 Å². The van der Waals surface area contributed by atoms with Gasteiger partial charge in [0.15, 0.2) is 5.54 Å². The van der Waals surface area contributed by atoms with Crippen LogP contribution in [0, 0.1) is 0 Å². The number of carbonyl (C=O) groups is 2. The van der Waals surface area contributed by atoms with Gasteiger partial charge in [-0.15, -0.1) is 0 Å². The van der Waals surface area contributed by atoms with Gasteiger partial charge in [-0.3, -0.25) is 4.79 Å². The average Bonchev–Trinajstić information content (AvgIpc) is 2.79. The Balaban J connectivity index is 2.49. The molecule has 2 unspecified atom stereocenters. The van der Waals surface area contributed by atoms with E-state index in [9.17, 15) is 9.59 Å². The summed E-state index contributed by atoms with van der Waals surface area (Å²) in [6.45, 7) is 0.832. The number of hydrogen-bond donors (Lipinski definition) is 3. The van der Waals surface area contributed by atoms with E-state index in [2.05, 4.69) is 5.32 Å². The zero-order valence-electron chi connectivity index (χ0n) is 10.5. The van der Waals surface area contributed by atoms with E-state index in [-0.39, 0.29) is 13.0 Å². The number of hydrogen-bond acceptors (Lipinski definition) is 5. The lowest BCUT2D eigenvalue weighted by molar-refractivity contribution is -0.147. The van der Waals surface area contributed by atoms with Crippen molar-refractivity contribution in [2.24, 2.45) is 5.73 Å². The van der Waals surface area contributed by atoms with E-state index in [4.69, 9.17) is 20.3 Å². The van der Waals surface area contributed by atoms with Crippen LogP contribution in [0.4, 0.5) is 0 Å². The second-order valence-electron chi connectivity index (χ2n) is 4.42. The van der Waals surface area contributed by atoms with Crippen LogP contribution in [0.5, 0.6) is 0 Å². The van der Waals surface area contributed by atoms with Crippen molar-refractivity contribution < 1.29 is 24.2 Å². The molecule has 0 saturated carbocycles. The lowest BCUT2D eigenvalue weighted by Crippen LogP contribution is -2.58. The molecular weight excluding hydrogens is 240 g/mol. The minimum absolute atomic E-state index is 0.0150. The molecule has 4 N–H and O–H groups in total. The molecule has 7 heteroatoms. The molecule has 0 aliphatic carbocycles. The number of carboxylic acid groups (broad SMARTS) is 1. The molecule has 0 aromatic rings. The molecule has 1 amide bonds. The molecule has 7 nitrogen and oxygen atoms in total. The van der Waals surface area contributed by atoms with Gasteiger partial charge in [-0.25, -0.2) is 4.79 Å². The zero-order valence-corrected chi connectivity index (χ0v) is 10.5. The van der Waals surface area contributed by atoms with Crippen LogP contribution in [0.15, 0.2) is 0 Å². The molecule has 1 fully saturated rings. The number of carboxylic acids is 1. The fourth-order valence-corrected chi connectivity index (χ4v) is 1.79. The van der Waals surface area contributed by atoms with Crippen LogP contribution in [0.25, 0.3) is 0 Å². The summed E-state index contributed by atoms with van der Waals surface area (Å²) in [5.74, 6) is -1.54. The lowest BCUT2D eigenvalue weighted by Gasteiger charge is -2.25. The Bertz CT molecular complexity index is 302. The number of carbonyl (C=O) groups excluding carboxylic acids is 1. The smallest absolute Gasteiger partial charge is 0.331 e. The molecule has 0 aromatic carbocycles. The van der Waals surface area contributed by atoms with Crippen molar-refractivity contribution >= 4 is 11.9 Å². The Morgan fingerprint density at radius 1 is 1.61 bits per heavy atom. The number of amides is 1. The second kappa shape index (κ2) is 6.67. The highest BCUT2D eigenvalue weighted by Crippen LogP contribution is 2.19. The van der Waals surface area contributed by atoms with Crippen molar-refractivity contribution in [3.8, 4) is 0 Å². The van der Waals surface area contributed by atoms with Gasteiger partial charge in [0.25, 0.3) is 0 Å². The third kappa shape index (κ3) is 3.66. The topological polar surface area (TPSA) is 111 Å². The van der Waals surface area contributed by atoms with Crippen LogP contribution in [-0.2, 0) is 19.1 Å². The van der Waals surface area contributed by atoms with Gasteiger partial charge in [0, 0.05) is 26.7 Å². The molecule has 18 heavy (non-hydrogen) atoms. The Kier molecular flexibility index (Phi) is 5.52. The lowest BCUT2D eigenvalue weighted by atomic mass is 9.98. The summed E-state index contributed by atoms with van der Waals surface area (Å²) in [5.41, 5.74) is 4.37. The number of rotatable bonds is 7. The van der Waals surface area contributed by atoms with E-state index in [1.165, 1.54) is 0 Å². The number of nitrogens with one attached hydrogen (secondary N) is 1. The Morgan fingerprint density at radius 3 is 2.83 bits per heavy atom. The Morgan fingerprint density at radius 2 is 2.33 bits per heavy atom. The van der Waals surface area contributed by atoms with Gasteiger partial charge < -0.3 is 25.6 Å². The van der Waals surface area contributed by atoms with Gasteiger partial charge in [0.2, 0.25) is 5.91 Å². The van der Waals surface area contributed by atoms with E-state index in [1.807, 2.05) is 0 Å². The third-order valence-corrected chi connectivity index (χ3v) is 2.99. The molecule has 0 spiro atoms. The SMILES string of the molecule is COCCCC(N)C(=O)NC1(C(=O)O)CCOC1. The molecule has 1 heterocycles. The van der Waals surface area contributed by atoms with Gasteiger partial charge in [-0.05, 0) is 12.8 Å². The first-order chi connectivity index (χ1) is 8.52. The largest absolute Gasteiger partial charge is 0.479 e. The van der Waals surface area contributed by atoms with Gasteiger partial charge in [-0.1, -0.05) is 0 Å². The summed E-state index contributed by atoms with van der Waals surface area (Å²) in [6.07, 6.45) is 1.37. The van der Waals surface area contributed by atoms with Crippen LogP contribution in [-0.4, -0.2) is 55.5 Å². The van der Waals surface area contributed by atoms with Crippen LogP contribution < -0.4 is 11.1 Å². The maximum atomic E-state index is 11.8. The molecule has 1 aliphatic heterocycles. The highest BCUT2D eigenvalue weighted by molar-refractivity contribution is 5.89. The van der Waals surface area contributed by atoms with Crippen LogP contribution in [0.1, 0.15) is 19.3 Å². The van der Waals surface area contributed by atoms with Crippen LogP contribution in [0.2, 0.25) is 0 Å². The minimum Gasteiger partial charge on any atom is -0.479 e. The molecule has 2 atom stereocenters. The van der Waals surface area contributed by atoms with Crippen molar-refractivity contribution in [3.63, 3.8) is 0 Å². The van der Waals surface area contributed by atoms with Crippen molar-refractivity contribution in [2.75, 3.05) is 26.9 Å². The molecule has 0 radical (unpaired) electrons. The monoisotopic (exact) mass is 260 g/mol. The van der Waals surface area contributed by atoms with Crippen molar-refractivity contribution in [1.82, 2.24) is 5.32 Å². The van der Waals surface area contributed by atoms with Gasteiger partial charge in [0.05, 0.1) is 12.6 Å². The second-order valence-corrected chi connectivity index (χ2v) is 4.42. The van der Waals surface area contributed by atoms with Gasteiger partial charge >= 0.3 is 5.97 Å². The number of nitrogens with two attached hydrogens (primary N) is 1. The maximum Gasteiger partial charge on any atom is 0.331 e. The average molecular weight is 260 g/mol. The molecule has 1 rings (SSSR count). The highest BCUT2D eigenvalue weighted by Gasteiger charge is 2.44. The minimum atomic E-state index is -1.32. The third-order valence-electron chi connectivity index (χ3n) is 2.99. The Labute approximate surface area is 106 Å². The first-order valence-corrected chi connectivity index (χ1v) is 5.89. The van der Waals surface area contributed by atoms with Crippen molar-refractivity contribution in [3.05, 3.63) is 0 Å². The molecule has 0 bridgehead atoms. The fraction of sp³-hybridized carbons (Fsp3) is 0.818. The summed E-state index contributed by atoms with van der Waals surface area (Å²) in [4.78, 5) is 23.0. The van der Waals surface area contributed by atoms with Gasteiger partial charge in [0.1, 0.15) is 0 Å². The summed E-state index contributed by atoms with van der Waals surface area (Å²) < 4.78 is 9.91. The van der Waals surface area contributed by atoms with E-state index in [0.29, 0.717) is 26.1 Å². The summed E-state index contributed by atoms with van der Waals surface area (Å²) in [6, 6.07) is -0.725. The summed E-state index contributed by atoms with van der Waals surface area (Å²) >= 11 is 0. The standard InChI is InChI=1S/C11H20N2O5/c1-17-5-2-3-8(12)9(14)13-11(10(15)16)4-6-18-7-11/h8H,2-7,12H2,1H3,(H,13,14)(H,15,16). The normalized spacial score (nSPS) is 24.8. The zero-order chi connectivity index (χ0) is 13.6. The Hall–Kier alpha value is -1.18. The predicted molar refractivity (Wildman–Crippen MR) is 63.0 cm³/mol. The summed E-state index contributed by atoms with van der Waals surface area (Å²) in [5, 5.41) is 11.6. The van der Waals surface area contributed by atoms with Crippen LogP contribution >= 0.6 is 0 Å². The molecule has 104 valence electrons. The van der Waals surface area contributed by atoms with E-state index in [1.54, 1.807) is 7.11 Å². The molecular formula is C11H20N2O5. The maximum absolute atomic E-state index is 11.8. The molecule has 1 aliphatic rings. The van der Waals surface area contributed by atoms with Gasteiger partial charge in [-0.2, -0.15) is 0 Å².